The van der Waals surface area contributed by atoms with E-state index in [1.165, 1.54) is 11.1 Å². The number of hydrazone groups is 1. The van der Waals surface area contributed by atoms with Gasteiger partial charge in [0.1, 0.15) is 6.04 Å². The zero-order valence-electron chi connectivity index (χ0n) is 20.1. The quantitative estimate of drug-likeness (QED) is 0.631. The molecule has 1 amide bonds. The van der Waals surface area contributed by atoms with E-state index in [0.29, 0.717) is 19.6 Å². The van der Waals surface area contributed by atoms with Gasteiger partial charge in [-0.25, -0.2) is 5.01 Å². The van der Waals surface area contributed by atoms with Crippen molar-refractivity contribution in [3.63, 3.8) is 0 Å². The van der Waals surface area contributed by atoms with E-state index in [4.69, 9.17) is 9.84 Å². The Morgan fingerprint density at radius 3 is 2.70 bits per heavy atom. The van der Waals surface area contributed by atoms with Crippen LogP contribution in [-0.2, 0) is 21.4 Å². The Bertz CT molecular complexity index is 1060. The summed E-state index contributed by atoms with van der Waals surface area (Å²) in [6.45, 7) is 8.02. The number of hydrogen-bond donors (Lipinski definition) is 0. The number of esters is 1. The smallest absolute Gasteiger partial charge is 0.310 e. The first-order chi connectivity index (χ1) is 15.9. The van der Waals surface area contributed by atoms with E-state index in [0.717, 1.165) is 36.4 Å². The topological polar surface area (TPSA) is 67.1 Å². The Labute approximate surface area is 196 Å². The Morgan fingerprint density at radius 1 is 1.18 bits per heavy atom. The van der Waals surface area contributed by atoms with Crippen LogP contribution in [0.15, 0.2) is 41.6 Å². The van der Waals surface area contributed by atoms with E-state index in [9.17, 15) is 9.59 Å². The Morgan fingerprint density at radius 2 is 2.00 bits per heavy atom. The fourth-order valence-corrected chi connectivity index (χ4v) is 4.80. The van der Waals surface area contributed by atoms with Crippen LogP contribution in [0.3, 0.4) is 0 Å². The van der Waals surface area contributed by atoms with Crippen LogP contribution in [0.4, 0.5) is 0 Å². The lowest BCUT2D eigenvalue weighted by atomic mass is 9.98. The number of aryl methyl sites for hydroxylation is 3. The maximum Gasteiger partial charge on any atom is 0.310 e. The first-order valence-corrected chi connectivity index (χ1v) is 11.8. The highest BCUT2D eigenvalue weighted by Gasteiger charge is 2.36. The Kier molecular flexibility index (Phi) is 6.98. The normalized spacial score (nSPS) is 21.2. The van der Waals surface area contributed by atoms with E-state index < -0.39 is 0 Å². The third-order valence-electron chi connectivity index (χ3n) is 6.82. The molecule has 0 unspecified atom stereocenters. The molecule has 2 aliphatic rings. The Balaban J connectivity index is 1.54. The SMILES string of the molecule is CCOC(=O)[C@@H]1CCCN(CC(=O)N2N=C(c3ccc(C)c(C)c3)C[C@@H]2c2cccn2C)C1. The van der Waals surface area contributed by atoms with Crippen LogP contribution in [0.1, 0.15) is 54.6 Å². The molecule has 7 heteroatoms. The number of aromatic nitrogens is 1. The molecule has 4 rings (SSSR count). The van der Waals surface area contributed by atoms with E-state index >= 15 is 0 Å². The van der Waals surface area contributed by atoms with Gasteiger partial charge in [0.05, 0.1) is 24.8 Å². The first-order valence-electron chi connectivity index (χ1n) is 11.8. The van der Waals surface area contributed by atoms with Gasteiger partial charge in [-0.05, 0) is 75.0 Å². The minimum atomic E-state index is -0.164. The monoisotopic (exact) mass is 450 g/mol. The molecular weight excluding hydrogens is 416 g/mol. The molecule has 2 atom stereocenters. The number of piperidine rings is 1. The molecular formula is C26H34N4O3. The van der Waals surface area contributed by atoms with Crippen molar-refractivity contribution >= 4 is 17.6 Å². The predicted octanol–water partition coefficient (Wildman–Crippen LogP) is 3.59. The lowest BCUT2D eigenvalue weighted by molar-refractivity contribution is -0.150. The largest absolute Gasteiger partial charge is 0.466 e. The molecule has 0 N–H and O–H groups in total. The summed E-state index contributed by atoms with van der Waals surface area (Å²) in [6, 6.07) is 10.3. The summed E-state index contributed by atoms with van der Waals surface area (Å²) in [4.78, 5) is 27.8. The van der Waals surface area contributed by atoms with Crippen LogP contribution in [0, 0.1) is 19.8 Å². The van der Waals surface area contributed by atoms with Gasteiger partial charge in [-0.1, -0.05) is 12.1 Å². The molecule has 1 aromatic heterocycles. The number of amides is 1. The molecule has 0 radical (unpaired) electrons. The average molecular weight is 451 g/mol. The second kappa shape index (κ2) is 9.91. The maximum absolute atomic E-state index is 13.5. The van der Waals surface area contributed by atoms with Crippen molar-refractivity contribution in [3.05, 3.63) is 58.9 Å². The van der Waals surface area contributed by atoms with Crippen molar-refractivity contribution in [1.82, 2.24) is 14.5 Å². The van der Waals surface area contributed by atoms with Crippen molar-refractivity contribution in [2.24, 2.45) is 18.1 Å². The van der Waals surface area contributed by atoms with E-state index in [-0.39, 0.29) is 30.4 Å². The summed E-state index contributed by atoms with van der Waals surface area (Å²) < 4.78 is 7.27. The summed E-state index contributed by atoms with van der Waals surface area (Å²) in [5.74, 6) is -0.361. The van der Waals surface area contributed by atoms with Crippen LogP contribution in [-0.4, -0.2) is 58.3 Å². The van der Waals surface area contributed by atoms with Gasteiger partial charge in [-0.15, -0.1) is 0 Å². The van der Waals surface area contributed by atoms with E-state index in [2.05, 4.69) is 47.6 Å². The van der Waals surface area contributed by atoms with Crippen LogP contribution >= 0.6 is 0 Å². The van der Waals surface area contributed by atoms with Gasteiger partial charge < -0.3 is 9.30 Å². The Hall–Kier alpha value is -2.93. The molecule has 1 fully saturated rings. The summed E-state index contributed by atoms with van der Waals surface area (Å²) >= 11 is 0. The van der Waals surface area contributed by atoms with Crippen molar-refractivity contribution in [2.75, 3.05) is 26.2 Å². The number of hydrogen-bond acceptors (Lipinski definition) is 5. The minimum absolute atomic E-state index is 0.0375. The molecule has 176 valence electrons. The lowest BCUT2D eigenvalue weighted by Gasteiger charge is -2.32. The molecule has 7 nitrogen and oxygen atoms in total. The lowest BCUT2D eigenvalue weighted by Crippen LogP contribution is -2.45. The van der Waals surface area contributed by atoms with E-state index in [1.807, 2.05) is 26.2 Å². The summed E-state index contributed by atoms with van der Waals surface area (Å²) in [5.41, 5.74) is 5.52. The van der Waals surface area contributed by atoms with Crippen LogP contribution in [0.2, 0.25) is 0 Å². The second-order valence-electron chi connectivity index (χ2n) is 9.17. The average Bonchev–Trinajstić information content (AvgIpc) is 3.42. The third kappa shape index (κ3) is 5.03. The van der Waals surface area contributed by atoms with Gasteiger partial charge in [0.2, 0.25) is 0 Å². The van der Waals surface area contributed by atoms with Crippen molar-refractivity contribution < 1.29 is 14.3 Å². The molecule has 0 spiro atoms. The molecule has 0 aliphatic carbocycles. The predicted molar refractivity (Wildman–Crippen MR) is 128 cm³/mol. The fraction of sp³-hybridized carbons (Fsp3) is 0.500. The standard InChI is InChI=1S/C26H34N4O3/c1-5-33-26(32)21-8-6-13-29(16-21)17-25(31)30-24(23-9-7-12-28(23)4)15-22(27-30)20-11-10-18(2)19(3)14-20/h7,9-12,14,21,24H,5-6,8,13,15-17H2,1-4H3/t21-,24-/m1/s1. The number of benzene rings is 1. The number of nitrogens with zero attached hydrogens (tertiary/aromatic N) is 4. The molecule has 2 aromatic rings. The van der Waals surface area contributed by atoms with Crippen LogP contribution in [0.25, 0.3) is 0 Å². The highest BCUT2D eigenvalue weighted by molar-refractivity contribution is 6.03. The van der Waals surface area contributed by atoms with Crippen LogP contribution in [0.5, 0.6) is 0 Å². The van der Waals surface area contributed by atoms with Gasteiger partial charge >= 0.3 is 5.97 Å². The van der Waals surface area contributed by atoms with Crippen molar-refractivity contribution in [2.45, 2.75) is 46.1 Å². The highest BCUT2D eigenvalue weighted by atomic mass is 16.5. The summed E-state index contributed by atoms with van der Waals surface area (Å²) in [5, 5.41) is 6.49. The first kappa shape index (κ1) is 23.2. The number of carbonyl (C=O) groups excluding carboxylic acids is 2. The molecule has 1 saturated heterocycles. The minimum Gasteiger partial charge on any atom is -0.466 e. The molecule has 3 heterocycles. The maximum atomic E-state index is 13.5. The second-order valence-corrected chi connectivity index (χ2v) is 9.17. The number of ether oxygens (including phenoxy) is 1. The molecule has 0 bridgehead atoms. The number of carbonyl (C=O) groups is 2. The molecule has 1 aromatic carbocycles. The van der Waals surface area contributed by atoms with E-state index in [1.54, 1.807) is 5.01 Å². The van der Waals surface area contributed by atoms with Crippen LogP contribution < -0.4 is 0 Å². The van der Waals surface area contributed by atoms with Gasteiger partial charge in [0.15, 0.2) is 0 Å². The van der Waals surface area contributed by atoms with Crippen molar-refractivity contribution in [1.29, 1.82) is 0 Å². The highest BCUT2D eigenvalue weighted by Crippen LogP contribution is 2.33. The zero-order chi connectivity index (χ0) is 23.5. The third-order valence-corrected chi connectivity index (χ3v) is 6.82. The molecule has 33 heavy (non-hydrogen) atoms. The van der Waals surface area contributed by atoms with Gasteiger partial charge in [0.25, 0.3) is 5.91 Å². The van der Waals surface area contributed by atoms with Gasteiger partial charge in [0, 0.05) is 31.9 Å². The number of rotatable bonds is 6. The molecule has 2 aliphatic heterocycles. The molecule has 0 saturated carbocycles. The summed E-state index contributed by atoms with van der Waals surface area (Å²) in [6.07, 6.45) is 4.38. The summed E-state index contributed by atoms with van der Waals surface area (Å²) in [7, 11) is 2.00. The van der Waals surface area contributed by atoms with Crippen molar-refractivity contribution in [3.8, 4) is 0 Å². The number of likely N-dealkylation sites (tertiary alicyclic amines) is 1. The fourth-order valence-electron chi connectivity index (χ4n) is 4.80. The zero-order valence-corrected chi connectivity index (χ0v) is 20.1. The van der Waals surface area contributed by atoms with Gasteiger partial charge in [-0.3, -0.25) is 14.5 Å². The van der Waals surface area contributed by atoms with Gasteiger partial charge in [-0.2, -0.15) is 5.10 Å².